The summed E-state index contributed by atoms with van der Waals surface area (Å²) in [6, 6.07) is 25.8. The average Bonchev–Trinajstić information content (AvgIpc) is 3.37. The van der Waals surface area contributed by atoms with Crippen LogP contribution in [0.4, 0.5) is 5.13 Å². The first-order chi connectivity index (χ1) is 17.5. The van der Waals surface area contributed by atoms with Gasteiger partial charge < -0.3 is 10.1 Å². The maximum Gasteiger partial charge on any atom is 0.249 e. The third-order valence-corrected chi connectivity index (χ3v) is 6.65. The molecule has 3 aromatic carbocycles. The molecule has 36 heavy (non-hydrogen) atoms. The van der Waals surface area contributed by atoms with Gasteiger partial charge in [-0.05, 0) is 41.3 Å². The summed E-state index contributed by atoms with van der Waals surface area (Å²) in [6.07, 6.45) is 0. The van der Waals surface area contributed by atoms with Gasteiger partial charge in [-0.1, -0.05) is 85.8 Å². The molecular formula is C28H28N4O3S. The second-order valence-electron chi connectivity index (χ2n) is 8.61. The fourth-order valence-corrected chi connectivity index (χ4v) is 4.62. The van der Waals surface area contributed by atoms with Crippen LogP contribution in [0, 0.1) is 5.92 Å². The van der Waals surface area contributed by atoms with Gasteiger partial charge in [0.05, 0.1) is 13.0 Å². The van der Waals surface area contributed by atoms with Crippen LogP contribution in [0.2, 0.25) is 0 Å². The van der Waals surface area contributed by atoms with Crippen molar-refractivity contribution in [3.05, 3.63) is 96.1 Å². The van der Waals surface area contributed by atoms with Gasteiger partial charge in [0.25, 0.3) is 0 Å². The highest BCUT2D eigenvalue weighted by Gasteiger charge is 2.30. The number of nitrogens with zero attached hydrogens (tertiary/aromatic N) is 2. The maximum absolute atomic E-state index is 13.5. The summed E-state index contributed by atoms with van der Waals surface area (Å²) < 4.78 is 5.19. The quantitative estimate of drug-likeness (QED) is 0.333. The van der Waals surface area contributed by atoms with Crippen LogP contribution in [0.3, 0.4) is 0 Å². The molecule has 4 rings (SSSR count). The Morgan fingerprint density at radius 3 is 1.92 bits per heavy atom. The average molecular weight is 501 g/mol. The predicted molar refractivity (Wildman–Crippen MR) is 142 cm³/mol. The van der Waals surface area contributed by atoms with Gasteiger partial charge in [0.2, 0.25) is 16.9 Å². The molecular weight excluding hydrogens is 472 g/mol. The number of amides is 2. The van der Waals surface area contributed by atoms with E-state index in [4.69, 9.17) is 4.74 Å². The number of nitrogens with one attached hydrogen (secondary N) is 2. The fourth-order valence-electron chi connectivity index (χ4n) is 3.86. The van der Waals surface area contributed by atoms with Gasteiger partial charge in [0.1, 0.15) is 16.8 Å². The van der Waals surface area contributed by atoms with E-state index in [1.165, 1.54) is 11.3 Å². The standard InChI is InChI=1S/C28H28N4O3S/c1-18(2)24(26(34)30-28-32-31-27(36-28)21-14-16-22(35-3)17-15-21)29-25(33)23(19-10-6-4-7-11-19)20-12-8-5-9-13-20/h4-18,23-24H,1-3H3,(H,29,33)(H,30,32,34). The molecule has 0 aliphatic heterocycles. The molecule has 0 saturated carbocycles. The first-order valence-corrected chi connectivity index (χ1v) is 12.5. The first kappa shape index (κ1) is 25.1. The molecule has 184 valence electrons. The zero-order valence-electron chi connectivity index (χ0n) is 20.3. The molecule has 1 unspecified atom stereocenters. The van der Waals surface area contributed by atoms with Crippen LogP contribution in [0.25, 0.3) is 10.6 Å². The Labute approximate surface area is 214 Å². The van der Waals surface area contributed by atoms with Crippen LogP contribution in [0.5, 0.6) is 5.75 Å². The molecule has 0 spiro atoms. The van der Waals surface area contributed by atoms with Crippen molar-refractivity contribution in [2.75, 3.05) is 12.4 Å². The Morgan fingerprint density at radius 2 is 1.39 bits per heavy atom. The molecule has 0 bridgehead atoms. The summed E-state index contributed by atoms with van der Waals surface area (Å²) in [5.41, 5.74) is 2.59. The van der Waals surface area contributed by atoms with Gasteiger partial charge in [-0.25, -0.2) is 0 Å². The smallest absolute Gasteiger partial charge is 0.249 e. The molecule has 4 aromatic rings. The summed E-state index contributed by atoms with van der Waals surface area (Å²) in [7, 11) is 1.61. The van der Waals surface area contributed by atoms with Crippen LogP contribution in [-0.2, 0) is 9.59 Å². The van der Waals surface area contributed by atoms with E-state index in [1.807, 2.05) is 98.8 Å². The van der Waals surface area contributed by atoms with Gasteiger partial charge in [-0.15, -0.1) is 10.2 Å². The molecule has 2 N–H and O–H groups in total. The zero-order valence-corrected chi connectivity index (χ0v) is 21.2. The van der Waals surface area contributed by atoms with Gasteiger partial charge in [-0.2, -0.15) is 0 Å². The van der Waals surface area contributed by atoms with Gasteiger partial charge in [0, 0.05) is 5.56 Å². The number of aromatic nitrogens is 2. The summed E-state index contributed by atoms with van der Waals surface area (Å²) >= 11 is 1.27. The SMILES string of the molecule is COc1ccc(-c2nnc(NC(=O)C(NC(=O)C(c3ccccc3)c3ccccc3)C(C)C)s2)cc1. The lowest BCUT2D eigenvalue weighted by molar-refractivity contribution is -0.127. The summed E-state index contributed by atoms with van der Waals surface area (Å²) in [5, 5.41) is 15.2. The third kappa shape index (κ3) is 5.95. The van der Waals surface area contributed by atoms with E-state index in [2.05, 4.69) is 20.8 Å². The van der Waals surface area contributed by atoms with Crippen molar-refractivity contribution < 1.29 is 14.3 Å². The van der Waals surface area contributed by atoms with E-state index in [9.17, 15) is 9.59 Å². The Balaban J connectivity index is 1.50. The Hall–Kier alpha value is -4.04. The Kier molecular flexibility index (Phi) is 8.07. The van der Waals surface area contributed by atoms with Crippen molar-refractivity contribution in [3.63, 3.8) is 0 Å². The van der Waals surface area contributed by atoms with Crippen molar-refractivity contribution in [1.82, 2.24) is 15.5 Å². The van der Waals surface area contributed by atoms with Crippen LogP contribution in [-0.4, -0.2) is 35.2 Å². The highest BCUT2D eigenvalue weighted by Crippen LogP contribution is 2.28. The van der Waals surface area contributed by atoms with Crippen LogP contribution >= 0.6 is 11.3 Å². The number of hydrogen-bond donors (Lipinski definition) is 2. The van der Waals surface area contributed by atoms with Crippen LogP contribution in [0.15, 0.2) is 84.9 Å². The molecule has 7 nitrogen and oxygen atoms in total. The van der Waals surface area contributed by atoms with E-state index < -0.39 is 12.0 Å². The zero-order chi connectivity index (χ0) is 25.5. The number of ether oxygens (including phenoxy) is 1. The number of rotatable bonds is 9. The molecule has 0 saturated heterocycles. The molecule has 1 atom stereocenters. The number of carbonyl (C=O) groups excluding carboxylic acids is 2. The van der Waals surface area contributed by atoms with E-state index in [0.717, 1.165) is 22.4 Å². The second kappa shape index (κ2) is 11.6. The van der Waals surface area contributed by atoms with Crippen molar-refractivity contribution in [1.29, 1.82) is 0 Å². The van der Waals surface area contributed by atoms with Crippen LogP contribution in [0.1, 0.15) is 30.9 Å². The van der Waals surface area contributed by atoms with Gasteiger partial charge in [-0.3, -0.25) is 14.9 Å². The third-order valence-electron chi connectivity index (χ3n) is 5.77. The lowest BCUT2D eigenvalue weighted by atomic mass is 9.89. The molecule has 1 aromatic heterocycles. The van der Waals surface area contributed by atoms with Crippen molar-refractivity contribution >= 4 is 28.3 Å². The molecule has 1 heterocycles. The van der Waals surface area contributed by atoms with Gasteiger partial charge in [0.15, 0.2) is 0 Å². The molecule has 0 fully saturated rings. The molecule has 0 aliphatic carbocycles. The molecule has 2 amide bonds. The number of hydrogen-bond acceptors (Lipinski definition) is 6. The summed E-state index contributed by atoms with van der Waals surface area (Å²) in [4.78, 5) is 26.7. The normalized spacial score (nSPS) is 11.8. The Morgan fingerprint density at radius 1 is 0.806 bits per heavy atom. The van der Waals surface area contributed by atoms with E-state index >= 15 is 0 Å². The van der Waals surface area contributed by atoms with Crippen molar-refractivity contribution in [3.8, 4) is 16.3 Å². The fraction of sp³-hybridized carbons (Fsp3) is 0.214. The maximum atomic E-state index is 13.5. The predicted octanol–water partition coefficient (Wildman–Crippen LogP) is 5.13. The van der Waals surface area contributed by atoms with Crippen molar-refractivity contribution in [2.45, 2.75) is 25.8 Å². The van der Waals surface area contributed by atoms with E-state index in [0.29, 0.717) is 10.1 Å². The summed E-state index contributed by atoms with van der Waals surface area (Å²) in [5.74, 6) is -0.510. The van der Waals surface area contributed by atoms with Crippen LogP contribution < -0.4 is 15.4 Å². The number of anilines is 1. The lowest BCUT2D eigenvalue weighted by Crippen LogP contribution is -2.48. The molecule has 0 aliphatic rings. The first-order valence-electron chi connectivity index (χ1n) is 11.7. The minimum atomic E-state index is -0.749. The molecule has 0 radical (unpaired) electrons. The minimum Gasteiger partial charge on any atom is -0.497 e. The largest absolute Gasteiger partial charge is 0.497 e. The highest BCUT2D eigenvalue weighted by molar-refractivity contribution is 7.18. The lowest BCUT2D eigenvalue weighted by Gasteiger charge is -2.25. The number of methoxy groups -OCH3 is 1. The Bertz CT molecular complexity index is 1250. The molecule has 8 heteroatoms. The minimum absolute atomic E-state index is 0.143. The summed E-state index contributed by atoms with van der Waals surface area (Å²) in [6.45, 7) is 3.79. The monoisotopic (exact) mass is 500 g/mol. The van der Waals surface area contributed by atoms with E-state index in [1.54, 1.807) is 7.11 Å². The van der Waals surface area contributed by atoms with Gasteiger partial charge >= 0.3 is 0 Å². The second-order valence-corrected chi connectivity index (χ2v) is 9.59. The number of carbonyl (C=O) groups is 2. The highest BCUT2D eigenvalue weighted by atomic mass is 32.1. The number of benzene rings is 3. The van der Waals surface area contributed by atoms with E-state index in [-0.39, 0.29) is 17.7 Å². The topological polar surface area (TPSA) is 93.2 Å². The van der Waals surface area contributed by atoms with Crippen molar-refractivity contribution in [2.24, 2.45) is 5.92 Å².